The van der Waals surface area contributed by atoms with Gasteiger partial charge in [-0.1, -0.05) is 0 Å². The molecule has 0 aliphatic carbocycles. The molecule has 1 saturated heterocycles. The van der Waals surface area contributed by atoms with Crippen LogP contribution >= 0.6 is 23.4 Å². The Morgan fingerprint density at radius 3 is 1.27 bits per heavy atom. The van der Waals surface area contributed by atoms with Gasteiger partial charge in [-0.25, -0.2) is 4.31 Å². The van der Waals surface area contributed by atoms with Gasteiger partial charge in [-0.15, -0.1) is 0 Å². The molecule has 1 aliphatic heterocycles. The third-order valence-electron chi connectivity index (χ3n) is 0.615. The van der Waals surface area contributed by atoms with Gasteiger partial charge >= 0.3 is 88.7 Å². The molecule has 1 aliphatic rings. The zero-order valence-electron chi connectivity index (χ0n) is 8.11. The van der Waals surface area contributed by atoms with Gasteiger partial charge in [0.05, 0.1) is 0 Å². The van der Waals surface area contributed by atoms with Crippen LogP contribution in [0.3, 0.4) is 0 Å². The Labute approximate surface area is 151 Å². The summed E-state index contributed by atoms with van der Waals surface area (Å²) in [6.07, 6.45) is 0. The van der Waals surface area contributed by atoms with Crippen molar-refractivity contribution in [2.24, 2.45) is 0 Å². The maximum Gasteiger partial charge on any atom is 1.00 e. The first kappa shape index (κ1) is 23.5. The largest absolute Gasteiger partial charge is 1.00 e. The van der Waals surface area contributed by atoms with Crippen LogP contribution < -0.4 is 103 Å². The molecule has 1 rings (SSSR count). The summed E-state index contributed by atoms with van der Waals surface area (Å²) in [5, 5.41) is 6.42. The summed E-state index contributed by atoms with van der Waals surface area (Å²) < 4.78 is 30.7. The summed E-state index contributed by atoms with van der Waals surface area (Å²) in [4.78, 5) is 31.1. The van der Waals surface area contributed by atoms with E-state index in [9.17, 15) is 23.8 Å². The smallest absolute Gasteiger partial charge is 0.773 e. The Kier molecular flexibility index (Phi) is 12.4. The van der Waals surface area contributed by atoms with Crippen molar-refractivity contribution in [3.63, 3.8) is 0 Å². The minimum absolute atomic E-state index is 0. The van der Waals surface area contributed by atoms with Crippen molar-refractivity contribution in [3.8, 4) is 0 Å². The van der Waals surface area contributed by atoms with Crippen molar-refractivity contribution in [1.82, 2.24) is 0 Å². The molecule has 0 aromatic carbocycles. The molecular formula is HNNa3O8P3. The van der Waals surface area contributed by atoms with Crippen molar-refractivity contribution < 1.29 is 125 Å². The molecule has 15 heteroatoms. The van der Waals surface area contributed by atoms with E-state index in [0.29, 0.717) is 0 Å². The van der Waals surface area contributed by atoms with E-state index in [0.717, 1.165) is 0 Å². The minimum atomic E-state index is -5.23. The molecule has 0 saturated carbocycles. The Hall–Kier alpha value is 3.45. The van der Waals surface area contributed by atoms with Crippen LogP contribution in [0.4, 0.5) is 0 Å². The van der Waals surface area contributed by atoms with Gasteiger partial charge in [0.2, 0.25) is 0 Å². The van der Waals surface area contributed by atoms with E-state index in [2.05, 4.69) is 12.9 Å². The first-order valence-electron chi connectivity index (χ1n) is 2.23. The Bertz CT molecular complexity index is 270. The van der Waals surface area contributed by atoms with E-state index >= 15 is 0 Å². The van der Waals surface area contributed by atoms with Gasteiger partial charge in [0, 0.05) is 0 Å². The summed E-state index contributed by atoms with van der Waals surface area (Å²) in [6, 6.07) is 0. The summed E-state index contributed by atoms with van der Waals surface area (Å²) >= 11 is 0. The van der Waals surface area contributed by atoms with Crippen LogP contribution in [0.1, 0.15) is 0 Å². The molecule has 0 amide bonds. The van der Waals surface area contributed by atoms with E-state index in [-0.39, 0.29) is 88.7 Å². The van der Waals surface area contributed by atoms with Crippen LogP contribution in [-0.4, -0.2) is 0 Å². The quantitative estimate of drug-likeness (QED) is 0.341. The fraction of sp³-hybridized carbons (Fsp3) is 0. The summed E-state index contributed by atoms with van der Waals surface area (Å²) in [5.74, 6) is 0. The second-order valence-corrected chi connectivity index (χ2v) is 6.38. The normalized spacial score (nSPS) is 44.2. The Morgan fingerprint density at radius 2 is 1.07 bits per heavy atom. The first-order valence-corrected chi connectivity index (χ1v) is 6.70. The molecule has 1 fully saturated rings. The molecule has 0 radical (unpaired) electrons. The fourth-order valence-corrected chi connectivity index (χ4v) is 4.68. The Balaban J connectivity index is -0.000000480. The van der Waals surface area contributed by atoms with E-state index in [1.807, 2.05) is 0 Å². The van der Waals surface area contributed by atoms with Crippen molar-refractivity contribution >= 4 is 23.4 Å². The zero-order valence-corrected chi connectivity index (χ0v) is 16.8. The number of nitrogens with one attached hydrogen (secondary N) is 1. The van der Waals surface area contributed by atoms with E-state index in [1.165, 1.54) is 0 Å². The molecule has 1 N–H and O–H groups in total. The maximum absolute atomic E-state index is 10.5. The molecule has 0 bridgehead atoms. The standard InChI is InChI=1S/H3NO8P3.3Na/c1-10(2)7-11(3,4)9-12(5,6)8-10;;;/h(H3-,1,2,3,4,5,6);;;/q-1;3*+1/p-2. The molecule has 2 unspecified atom stereocenters. The molecule has 9 nitrogen and oxygen atoms in total. The number of phosphoric acid groups is 2. The summed E-state index contributed by atoms with van der Waals surface area (Å²) in [7, 11) is -15.3. The molecule has 72 valence electrons. The van der Waals surface area contributed by atoms with Gasteiger partial charge in [-0.05, 0) is 0 Å². The van der Waals surface area contributed by atoms with Gasteiger partial charge in [0.1, 0.15) is 0 Å². The third kappa shape index (κ3) is 9.05. The van der Waals surface area contributed by atoms with Crippen LogP contribution in [0, 0.1) is 5.16 Å². The predicted molar refractivity (Wildman–Crippen MR) is 28.1 cm³/mol. The minimum Gasteiger partial charge on any atom is -0.773 e. The van der Waals surface area contributed by atoms with Crippen molar-refractivity contribution in [1.29, 1.82) is 5.16 Å². The molecule has 2 atom stereocenters. The molecule has 0 spiro atoms. The summed E-state index contributed by atoms with van der Waals surface area (Å²) in [6.45, 7) is 0. The monoisotopic (exact) mass is 305 g/mol. The van der Waals surface area contributed by atoms with Crippen LogP contribution in [0.2, 0.25) is 0 Å². The van der Waals surface area contributed by atoms with E-state index in [4.69, 9.17) is 5.16 Å². The second kappa shape index (κ2) is 7.90. The van der Waals surface area contributed by atoms with Crippen molar-refractivity contribution in [2.75, 3.05) is 0 Å². The van der Waals surface area contributed by atoms with Gasteiger partial charge < -0.3 is 14.7 Å². The van der Waals surface area contributed by atoms with Crippen LogP contribution in [0.15, 0.2) is 0 Å². The van der Waals surface area contributed by atoms with Crippen LogP contribution in [0.5, 0.6) is 0 Å². The molecule has 15 heavy (non-hydrogen) atoms. The number of hydrogen-bond donors (Lipinski definition) is 1. The third-order valence-corrected chi connectivity index (χ3v) is 5.53. The molecular weight excluding hydrogens is 304 g/mol. The second-order valence-electron chi connectivity index (χ2n) is 1.64. The van der Waals surface area contributed by atoms with Gasteiger partial charge in [-0.2, -0.15) is 0 Å². The van der Waals surface area contributed by atoms with Crippen molar-refractivity contribution in [3.05, 3.63) is 0 Å². The average Bonchev–Trinajstić information content (AvgIpc) is 1.44. The topological polar surface area (TPSA) is 155 Å². The summed E-state index contributed by atoms with van der Waals surface area (Å²) in [5.41, 5.74) is 0. The zero-order chi connectivity index (χ0) is 9.62. The SMILES string of the molecule is N=P1([O-])OP(=O)([O-])OP(=O)([O-])O1.[Na+].[Na+].[Na+]. The number of hydrogen-bond acceptors (Lipinski definition) is 9. The van der Waals surface area contributed by atoms with Gasteiger partial charge in [-0.3, -0.25) is 22.9 Å². The van der Waals surface area contributed by atoms with E-state index in [1.54, 1.807) is 0 Å². The predicted octanol–water partition coefficient (Wildman–Crippen LogP) is -10.1. The van der Waals surface area contributed by atoms with Crippen LogP contribution in [0.25, 0.3) is 0 Å². The number of rotatable bonds is 0. The molecule has 0 aromatic rings. The van der Waals surface area contributed by atoms with Crippen molar-refractivity contribution in [2.45, 2.75) is 0 Å². The van der Waals surface area contributed by atoms with Crippen LogP contribution in [-0.2, 0) is 22.1 Å². The molecule has 1 heterocycles. The average molecular weight is 305 g/mol. The maximum atomic E-state index is 10.5. The van der Waals surface area contributed by atoms with Gasteiger partial charge in [0.25, 0.3) is 15.6 Å². The van der Waals surface area contributed by atoms with E-state index < -0.39 is 23.4 Å². The molecule has 0 aromatic heterocycles. The Morgan fingerprint density at radius 1 is 0.800 bits per heavy atom. The van der Waals surface area contributed by atoms with Gasteiger partial charge in [0.15, 0.2) is 7.74 Å². The fourth-order valence-electron chi connectivity index (χ4n) is 0.430. The first-order chi connectivity index (χ1) is 5.12.